The zero-order valence-corrected chi connectivity index (χ0v) is 10.7. The molecule has 106 valence electrons. The van der Waals surface area contributed by atoms with Gasteiger partial charge in [-0.2, -0.15) is 18.3 Å². The average Bonchev–Trinajstić information content (AvgIpc) is 3.12. The van der Waals surface area contributed by atoms with Crippen molar-refractivity contribution in [3.8, 4) is 5.69 Å². The van der Waals surface area contributed by atoms with Gasteiger partial charge in [-0.1, -0.05) is 6.07 Å². The molecule has 0 spiro atoms. The summed E-state index contributed by atoms with van der Waals surface area (Å²) < 4.78 is 39.5. The Kier molecular flexibility index (Phi) is 3.25. The van der Waals surface area contributed by atoms with Gasteiger partial charge in [0, 0.05) is 18.8 Å². The van der Waals surface area contributed by atoms with Gasteiger partial charge in [-0.3, -0.25) is 0 Å². The van der Waals surface area contributed by atoms with Crippen molar-refractivity contribution in [1.29, 1.82) is 0 Å². The molecule has 0 atom stereocenters. The van der Waals surface area contributed by atoms with E-state index in [1.807, 2.05) is 6.07 Å². The van der Waals surface area contributed by atoms with Crippen LogP contribution in [0.15, 0.2) is 36.5 Å². The number of hydrogen-bond acceptors (Lipinski definition) is 2. The molecule has 1 aromatic carbocycles. The van der Waals surface area contributed by atoms with Crippen LogP contribution in [0.5, 0.6) is 0 Å². The fraction of sp³-hybridized carbons (Fsp3) is 0.357. The van der Waals surface area contributed by atoms with Gasteiger partial charge in [0.2, 0.25) is 0 Å². The van der Waals surface area contributed by atoms with Crippen LogP contribution < -0.4 is 5.32 Å². The number of halogens is 3. The lowest BCUT2D eigenvalue weighted by Gasteiger charge is -2.08. The van der Waals surface area contributed by atoms with Crippen molar-refractivity contribution in [2.24, 2.45) is 0 Å². The average molecular weight is 281 g/mol. The second kappa shape index (κ2) is 4.94. The molecule has 3 rings (SSSR count). The number of nitrogens with one attached hydrogen (secondary N) is 1. The van der Waals surface area contributed by atoms with E-state index in [4.69, 9.17) is 0 Å². The van der Waals surface area contributed by atoms with Crippen LogP contribution >= 0.6 is 0 Å². The Morgan fingerprint density at radius 2 is 2.05 bits per heavy atom. The lowest BCUT2D eigenvalue weighted by Crippen LogP contribution is -2.15. The van der Waals surface area contributed by atoms with Gasteiger partial charge >= 0.3 is 6.18 Å². The van der Waals surface area contributed by atoms with Gasteiger partial charge in [0.05, 0.1) is 16.9 Å². The summed E-state index contributed by atoms with van der Waals surface area (Å²) >= 11 is 0. The number of benzene rings is 1. The standard InChI is InChI=1S/C14H14F3N3/c15-14(16,17)10-2-1-3-13(8-10)20-7-6-12(19-20)9-18-11-4-5-11/h1-3,6-8,11,18H,4-5,9H2. The van der Waals surface area contributed by atoms with Gasteiger partial charge in [0.15, 0.2) is 0 Å². The fourth-order valence-electron chi connectivity index (χ4n) is 1.96. The summed E-state index contributed by atoms with van der Waals surface area (Å²) in [5.74, 6) is 0. The molecule has 1 aliphatic rings. The topological polar surface area (TPSA) is 29.9 Å². The molecule has 6 heteroatoms. The third-order valence-electron chi connectivity index (χ3n) is 3.23. The fourth-order valence-corrected chi connectivity index (χ4v) is 1.96. The first-order valence-corrected chi connectivity index (χ1v) is 6.48. The number of nitrogens with zero attached hydrogens (tertiary/aromatic N) is 2. The molecule has 1 aromatic heterocycles. The molecule has 3 nitrogen and oxygen atoms in total. The van der Waals surface area contributed by atoms with E-state index in [1.54, 1.807) is 12.3 Å². The van der Waals surface area contributed by atoms with Gasteiger partial charge in [-0.25, -0.2) is 4.68 Å². The number of hydrogen-bond donors (Lipinski definition) is 1. The predicted molar refractivity (Wildman–Crippen MR) is 68.4 cm³/mol. The molecule has 0 unspecified atom stereocenters. The molecule has 1 saturated carbocycles. The molecular weight excluding hydrogens is 267 g/mol. The van der Waals surface area contributed by atoms with Crippen LogP contribution in [-0.2, 0) is 12.7 Å². The Labute approximate surface area is 114 Å². The Hall–Kier alpha value is -1.82. The van der Waals surface area contributed by atoms with Crippen LogP contribution in [0.3, 0.4) is 0 Å². The normalized spacial score (nSPS) is 15.6. The smallest absolute Gasteiger partial charge is 0.308 e. The summed E-state index contributed by atoms with van der Waals surface area (Å²) in [6.45, 7) is 0.649. The van der Waals surface area contributed by atoms with Crippen LogP contribution in [0, 0.1) is 0 Å². The van der Waals surface area contributed by atoms with E-state index in [0.29, 0.717) is 18.3 Å². The summed E-state index contributed by atoms with van der Waals surface area (Å²) in [4.78, 5) is 0. The quantitative estimate of drug-likeness (QED) is 0.933. The van der Waals surface area contributed by atoms with E-state index in [9.17, 15) is 13.2 Å². The molecule has 2 aromatic rings. The van der Waals surface area contributed by atoms with Gasteiger partial charge < -0.3 is 5.32 Å². The van der Waals surface area contributed by atoms with Gasteiger partial charge in [0.1, 0.15) is 0 Å². The Morgan fingerprint density at radius 1 is 1.25 bits per heavy atom. The number of aromatic nitrogens is 2. The molecule has 1 heterocycles. The third-order valence-corrected chi connectivity index (χ3v) is 3.23. The first-order chi connectivity index (χ1) is 9.52. The van der Waals surface area contributed by atoms with Crippen LogP contribution in [0.1, 0.15) is 24.1 Å². The third kappa shape index (κ3) is 3.01. The van der Waals surface area contributed by atoms with Crippen LogP contribution in [0.2, 0.25) is 0 Å². The van der Waals surface area contributed by atoms with Gasteiger partial charge in [0.25, 0.3) is 0 Å². The highest BCUT2D eigenvalue weighted by Gasteiger charge is 2.30. The van der Waals surface area contributed by atoms with Gasteiger partial charge in [-0.15, -0.1) is 0 Å². The highest BCUT2D eigenvalue weighted by atomic mass is 19.4. The number of rotatable bonds is 4. The molecule has 0 amide bonds. The zero-order chi connectivity index (χ0) is 14.2. The molecule has 0 saturated heterocycles. The largest absolute Gasteiger partial charge is 0.416 e. The second-order valence-corrected chi connectivity index (χ2v) is 4.95. The molecule has 1 N–H and O–H groups in total. The molecular formula is C14H14F3N3. The lowest BCUT2D eigenvalue weighted by atomic mass is 10.2. The first-order valence-electron chi connectivity index (χ1n) is 6.48. The molecule has 1 fully saturated rings. The van der Waals surface area contributed by atoms with Crippen LogP contribution in [0.4, 0.5) is 13.2 Å². The summed E-state index contributed by atoms with van der Waals surface area (Å²) in [5.41, 5.74) is 0.579. The maximum atomic E-state index is 12.7. The van der Waals surface area contributed by atoms with E-state index >= 15 is 0 Å². The maximum Gasteiger partial charge on any atom is 0.416 e. The minimum absolute atomic E-state index is 0.414. The molecule has 20 heavy (non-hydrogen) atoms. The highest BCUT2D eigenvalue weighted by molar-refractivity contribution is 5.36. The minimum Gasteiger partial charge on any atom is -0.308 e. The van der Waals surface area contributed by atoms with Crippen molar-refractivity contribution in [2.45, 2.75) is 31.6 Å². The van der Waals surface area contributed by atoms with Gasteiger partial charge in [-0.05, 0) is 37.1 Å². The zero-order valence-electron chi connectivity index (χ0n) is 10.7. The van der Waals surface area contributed by atoms with Crippen molar-refractivity contribution in [3.05, 3.63) is 47.8 Å². The molecule has 0 aliphatic heterocycles. The van der Waals surface area contributed by atoms with E-state index < -0.39 is 11.7 Å². The molecule has 1 aliphatic carbocycles. The summed E-state index contributed by atoms with van der Waals surface area (Å²) in [6.07, 6.45) is -0.276. The van der Waals surface area contributed by atoms with Crippen molar-refractivity contribution < 1.29 is 13.2 Å². The monoisotopic (exact) mass is 281 g/mol. The SMILES string of the molecule is FC(F)(F)c1cccc(-n2ccc(CNC3CC3)n2)c1. The first kappa shape index (κ1) is 13.2. The summed E-state index contributed by atoms with van der Waals surface area (Å²) in [7, 11) is 0. The highest BCUT2D eigenvalue weighted by Crippen LogP contribution is 2.30. The Balaban J connectivity index is 1.78. The summed E-state index contributed by atoms with van der Waals surface area (Å²) in [5, 5.41) is 7.61. The number of alkyl halides is 3. The predicted octanol–water partition coefficient (Wildman–Crippen LogP) is 3.14. The Bertz CT molecular complexity index is 600. The minimum atomic E-state index is -4.33. The lowest BCUT2D eigenvalue weighted by molar-refractivity contribution is -0.137. The van der Waals surface area contributed by atoms with E-state index in [0.717, 1.165) is 17.8 Å². The van der Waals surface area contributed by atoms with E-state index in [-0.39, 0.29) is 0 Å². The maximum absolute atomic E-state index is 12.7. The van der Waals surface area contributed by atoms with Crippen molar-refractivity contribution >= 4 is 0 Å². The van der Waals surface area contributed by atoms with Crippen molar-refractivity contribution in [1.82, 2.24) is 15.1 Å². The summed E-state index contributed by atoms with van der Waals surface area (Å²) in [6, 6.07) is 7.56. The van der Waals surface area contributed by atoms with Crippen molar-refractivity contribution in [3.63, 3.8) is 0 Å². The van der Waals surface area contributed by atoms with E-state index in [2.05, 4.69) is 10.4 Å². The Morgan fingerprint density at radius 3 is 2.75 bits per heavy atom. The van der Waals surface area contributed by atoms with Crippen LogP contribution in [-0.4, -0.2) is 15.8 Å². The van der Waals surface area contributed by atoms with Crippen LogP contribution in [0.25, 0.3) is 5.69 Å². The second-order valence-electron chi connectivity index (χ2n) is 4.95. The van der Waals surface area contributed by atoms with E-state index in [1.165, 1.54) is 23.6 Å². The molecule has 0 radical (unpaired) electrons. The van der Waals surface area contributed by atoms with Crippen molar-refractivity contribution in [2.75, 3.05) is 0 Å². The molecule has 0 bridgehead atoms.